The standard InChI is InChI=1S/C14H19BrClNO2/c1-10(2)13(15)14(18)17(3)8-9-19-12-7-5-4-6-11(12)16/h4-7,10,13H,8-9H2,1-3H3. The molecule has 0 fully saturated rings. The quantitative estimate of drug-likeness (QED) is 0.735. The zero-order chi connectivity index (χ0) is 14.4. The minimum atomic E-state index is -0.155. The van der Waals surface area contributed by atoms with E-state index < -0.39 is 0 Å². The molecular weight excluding hydrogens is 330 g/mol. The third-order valence-electron chi connectivity index (χ3n) is 2.72. The molecule has 1 amide bonds. The summed E-state index contributed by atoms with van der Waals surface area (Å²) in [6.07, 6.45) is 0. The van der Waals surface area contributed by atoms with Crippen molar-refractivity contribution in [2.75, 3.05) is 20.2 Å². The molecule has 1 aromatic rings. The molecule has 0 aromatic heterocycles. The van der Waals surface area contributed by atoms with Crippen LogP contribution in [0.15, 0.2) is 24.3 Å². The largest absolute Gasteiger partial charge is 0.490 e. The van der Waals surface area contributed by atoms with Crippen molar-refractivity contribution in [1.29, 1.82) is 0 Å². The van der Waals surface area contributed by atoms with Gasteiger partial charge in [0.2, 0.25) is 5.91 Å². The third kappa shape index (κ3) is 5.03. The number of hydrogen-bond donors (Lipinski definition) is 0. The van der Waals surface area contributed by atoms with Crippen LogP contribution in [-0.2, 0) is 4.79 Å². The molecule has 19 heavy (non-hydrogen) atoms. The Kier molecular flexibility index (Phi) is 6.66. The van der Waals surface area contributed by atoms with Crippen molar-refractivity contribution in [3.8, 4) is 5.75 Å². The van der Waals surface area contributed by atoms with E-state index in [1.807, 2.05) is 32.0 Å². The summed E-state index contributed by atoms with van der Waals surface area (Å²) in [7, 11) is 1.77. The monoisotopic (exact) mass is 347 g/mol. The summed E-state index contributed by atoms with van der Waals surface area (Å²) in [5.74, 6) is 0.974. The molecule has 0 spiro atoms. The SMILES string of the molecule is CC(C)C(Br)C(=O)N(C)CCOc1ccccc1Cl. The van der Waals surface area contributed by atoms with Crippen molar-refractivity contribution in [2.45, 2.75) is 18.7 Å². The van der Waals surface area contributed by atoms with Crippen molar-refractivity contribution in [3.63, 3.8) is 0 Å². The molecule has 1 unspecified atom stereocenters. The molecule has 0 aliphatic rings. The van der Waals surface area contributed by atoms with Crippen LogP contribution in [0.4, 0.5) is 0 Å². The van der Waals surface area contributed by atoms with Crippen LogP contribution in [0.1, 0.15) is 13.8 Å². The Morgan fingerprint density at radius 3 is 2.63 bits per heavy atom. The molecule has 0 heterocycles. The van der Waals surface area contributed by atoms with Gasteiger partial charge in [0, 0.05) is 7.05 Å². The maximum absolute atomic E-state index is 12.0. The number of ether oxygens (including phenoxy) is 1. The highest BCUT2D eigenvalue weighted by atomic mass is 79.9. The summed E-state index contributed by atoms with van der Waals surface area (Å²) in [5, 5.41) is 0.581. The van der Waals surface area contributed by atoms with Gasteiger partial charge in [-0.2, -0.15) is 0 Å². The normalized spacial score (nSPS) is 12.3. The van der Waals surface area contributed by atoms with Gasteiger partial charge >= 0.3 is 0 Å². The minimum absolute atomic E-state index is 0.0674. The van der Waals surface area contributed by atoms with Gasteiger partial charge in [-0.25, -0.2) is 0 Å². The van der Waals surface area contributed by atoms with Crippen LogP contribution in [0.2, 0.25) is 5.02 Å². The van der Waals surface area contributed by atoms with E-state index in [0.717, 1.165) is 0 Å². The zero-order valence-electron chi connectivity index (χ0n) is 11.4. The summed E-state index contributed by atoms with van der Waals surface area (Å²) < 4.78 is 5.56. The molecule has 5 heteroatoms. The van der Waals surface area contributed by atoms with E-state index in [1.54, 1.807) is 18.0 Å². The summed E-state index contributed by atoms with van der Waals surface area (Å²) in [6.45, 7) is 4.96. The Balaban J connectivity index is 2.41. The van der Waals surface area contributed by atoms with Gasteiger partial charge < -0.3 is 9.64 Å². The van der Waals surface area contributed by atoms with Crippen molar-refractivity contribution in [3.05, 3.63) is 29.3 Å². The molecule has 0 radical (unpaired) electrons. The second-order valence-corrected chi connectivity index (χ2v) is 6.08. The molecule has 1 rings (SSSR count). The number of amides is 1. The molecule has 0 N–H and O–H groups in total. The number of hydrogen-bond acceptors (Lipinski definition) is 2. The van der Waals surface area contributed by atoms with Crippen molar-refractivity contribution < 1.29 is 9.53 Å². The number of likely N-dealkylation sites (N-methyl/N-ethyl adjacent to an activating group) is 1. The fourth-order valence-electron chi connectivity index (χ4n) is 1.46. The lowest BCUT2D eigenvalue weighted by molar-refractivity contribution is -0.130. The fraction of sp³-hybridized carbons (Fsp3) is 0.500. The Bertz CT molecular complexity index is 426. The van der Waals surface area contributed by atoms with Crippen molar-refractivity contribution >= 4 is 33.4 Å². The van der Waals surface area contributed by atoms with Gasteiger partial charge in [-0.05, 0) is 18.1 Å². The molecule has 0 aliphatic heterocycles. The van der Waals surface area contributed by atoms with Crippen LogP contribution in [0.3, 0.4) is 0 Å². The number of alkyl halides is 1. The van der Waals surface area contributed by atoms with Gasteiger partial charge in [-0.1, -0.05) is 53.5 Å². The number of benzene rings is 1. The Labute approximate surface area is 128 Å². The van der Waals surface area contributed by atoms with Crippen molar-refractivity contribution in [1.82, 2.24) is 4.90 Å². The number of nitrogens with zero attached hydrogens (tertiary/aromatic N) is 1. The summed E-state index contributed by atoms with van der Waals surface area (Å²) >= 11 is 9.38. The molecule has 1 atom stereocenters. The minimum Gasteiger partial charge on any atom is -0.490 e. The Morgan fingerprint density at radius 2 is 2.05 bits per heavy atom. The zero-order valence-corrected chi connectivity index (χ0v) is 13.7. The van der Waals surface area contributed by atoms with E-state index in [4.69, 9.17) is 16.3 Å². The van der Waals surface area contributed by atoms with Crippen LogP contribution in [-0.4, -0.2) is 35.8 Å². The lowest BCUT2D eigenvalue weighted by atomic mass is 10.1. The topological polar surface area (TPSA) is 29.5 Å². The molecule has 0 saturated carbocycles. The highest BCUT2D eigenvalue weighted by Crippen LogP contribution is 2.23. The van der Waals surface area contributed by atoms with Crippen LogP contribution in [0.25, 0.3) is 0 Å². The predicted octanol–water partition coefficient (Wildman–Crippen LogP) is 3.60. The first-order chi connectivity index (χ1) is 8.93. The number of halogens is 2. The van der Waals surface area contributed by atoms with Crippen LogP contribution in [0, 0.1) is 5.92 Å². The molecule has 106 valence electrons. The van der Waals surface area contributed by atoms with Crippen molar-refractivity contribution in [2.24, 2.45) is 5.92 Å². The van der Waals surface area contributed by atoms with Gasteiger partial charge in [0.25, 0.3) is 0 Å². The van der Waals surface area contributed by atoms with E-state index >= 15 is 0 Å². The number of rotatable bonds is 6. The van der Waals surface area contributed by atoms with Crippen LogP contribution >= 0.6 is 27.5 Å². The van der Waals surface area contributed by atoms with Crippen LogP contribution in [0.5, 0.6) is 5.75 Å². The van der Waals surface area contributed by atoms with Gasteiger partial charge in [0.1, 0.15) is 12.4 Å². The molecule has 1 aromatic carbocycles. The third-order valence-corrected chi connectivity index (χ3v) is 4.48. The van der Waals surface area contributed by atoms with Crippen LogP contribution < -0.4 is 4.74 Å². The van der Waals surface area contributed by atoms with E-state index in [0.29, 0.717) is 23.9 Å². The highest BCUT2D eigenvalue weighted by Gasteiger charge is 2.21. The maximum atomic E-state index is 12.0. The van der Waals surface area contributed by atoms with E-state index in [-0.39, 0.29) is 16.7 Å². The van der Waals surface area contributed by atoms with E-state index in [2.05, 4.69) is 15.9 Å². The average molecular weight is 349 g/mol. The molecule has 0 saturated heterocycles. The lowest BCUT2D eigenvalue weighted by Crippen LogP contribution is -2.38. The molecule has 0 bridgehead atoms. The summed E-state index contributed by atoms with van der Waals surface area (Å²) in [5.41, 5.74) is 0. The summed E-state index contributed by atoms with van der Waals surface area (Å²) in [6, 6.07) is 7.30. The predicted molar refractivity (Wildman–Crippen MR) is 82.1 cm³/mol. The van der Waals surface area contributed by atoms with Gasteiger partial charge in [-0.15, -0.1) is 0 Å². The second kappa shape index (κ2) is 7.75. The first-order valence-corrected chi connectivity index (χ1v) is 7.49. The van der Waals surface area contributed by atoms with Gasteiger partial charge in [0.15, 0.2) is 0 Å². The lowest BCUT2D eigenvalue weighted by Gasteiger charge is -2.22. The highest BCUT2D eigenvalue weighted by molar-refractivity contribution is 9.10. The molecule has 0 aliphatic carbocycles. The Hall–Kier alpha value is -0.740. The first kappa shape index (κ1) is 16.3. The number of carbonyl (C=O) groups excluding carboxylic acids is 1. The molecule has 3 nitrogen and oxygen atoms in total. The van der Waals surface area contributed by atoms with E-state index in [1.165, 1.54) is 0 Å². The maximum Gasteiger partial charge on any atom is 0.236 e. The Morgan fingerprint density at radius 1 is 1.42 bits per heavy atom. The number of para-hydroxylation sites is 1. The number of carbonyl (C=O) groups is 1. The smallest absolute Gasteiger partial charge is 0.236 e. The molecular formula is C14H19BrClNO2. The summed E-state index contributed by atoms with van der Waals surface area (Å²) in [4.78, 5) is 13.5. The van der Waals surface area contributed by atoms with E-state index in [9.17, 15) is 4.79 Å². The second-order valence-electron chi connectivity index (χ2n) is 4.68. The van der Waals surface area contributed by atoms with Gasteiger partial charge in [0.05, 0.1) is 16.4 Å². The fourth-order valence-corrected chi connectivity index (χ4v) is 2.00. The van der Waals surface area contributed by atoms with Gasteiger partial charge in [-0.3, -0.25) is 4.79 Å². The average Bonchev–Trinajstić information content (AvgIpc) is 2.38. The first-order valence-electron chi connectivity index (χ1n) is 6.20.